The summed E-state index contributed by atoms with van der Waals surface area (Å²) in [5.41, 5.74) is 7.00. The van der Waals surface area contributed by atoms with Crippen LogP contribution in [0.4, 0.5) is 5.69 Å². The molecule has 6 heteroatoms. The summed E-state index contributed by atoms with van der Waals surface area (Å²) < 4.78 is 0. The second-order valence-corrected chi connectivity index (χ2v) is 6.31. The molecule has 0 radical (unpaired) electrons. The third-order valence-corrected chi connectivity index (χ3v) is 4.72. The van der Waals surface area contributed by atoms with Gasteiger partial charge in [0.15, 0.2) is 0 Å². The number of benzene rings is 2. The number of nitrogens with two attached hydrogens (primary N) is 1. The molecule has 21 heavy (non-hydrogen) atoms. The highest BCUT2D eigenvalue weighted by Crippen LogP contribution is 2.34. The SMILES string of the molecule is Nc1ccccc1SCC(C(=O)O)c1cc(Cl)ccc1Cl. The fourth-order valence-electron chi connectivity index (χ4n) is 1.86. The normalized spacial score (nSPS) is 12.1. The molecule has 3 N–H and O–H groups in total. The van der Waals surface area contributed by atoms with Crippen molar-refractivity contribution in [1.29, 1.82) is 0 Å². The average Bonchev–Trinajstić information content (AvgIpc) is 2.44. The van der Waals surface area contributed by atoms with Crippen molar-refractivity contribution >= 4 is 46.6 Å². The molecule has 0 heterocycles. The molecule has 0 bridgehead atoms. The van der Waals surface area contributed by atoms with Crippen molar-refractivity contribution in [3.63, 3.8) is 0 Å². The smallest absolute Gasteiger partial charge is 0.311 e. The maximum absolute atomic E-state index is 11.5. The van der Waals surface area contributed by atoms with E-state index in [-0.39, 0.29) is 0 Å². The molecule has 0 saturated heterocycles. The van der Waals surface area contributed by atoms with Crippen molar-refractivity contribution in [2.75, 3.05) is 11.5 Å². The first kappa shape index (κ1) is 16.0. The monoisotopic (exact) mass is 341 g/mol. The van der Waals surface area contributed by atoms with Crippen molar-refractivity contribution in [2.45, 2.75) is 10.8 Å². The van der Waals surface area contributed by atoms with Gasteiger partial charge in [-0.1, -0.05) is 35.3 Å². The third-order valence-electron chi connectivity index (χ3n) is 2.96. The summed E-state index contributed by atoms with van der Waals surface area (Å²) in [6.07, 6.45) is 0. The summed E-state index contributed by atoms with van der Waals surface area (Å²) in [4.78, 5) is 12.4. The highest BCUT2D eigenvalue weighted by atomic mass is 35.5. The zero-order valence-corrected chi connectivity index (χ0v) is 13.3. The number of aliphatic carboxylic acids is 1. The van der Waals surface area contributed by atoms with E-state index < -0.39 is 11.9 Å². The van der Waals surface area contributed by atoms with Gasteiger partial charge >= 0.3 is 5.97 Å². The van der Waals surface area contributed by atoms with Gasteiger partial charge < -0.3 is 10.8 Å². The zero-order chi connectivity index (χ0) is 15.4. The van der Waals surface area contributed by atoms with Crippen LogP contribution in [0.15, 0.2) is 47.4 Å². The second kappa shape index (κ2) is 7.07. The minimum absolute atomic E-state index is 0.323. The molecule has 2 aromatic rings. The van der Waals surface area contributed by atoms with Crippen molar-refractivity contribution in [3.8, 4) is 0 Å². The molecular formula is C15H13Cl2NO2S. The van der Waals surface area contributed by atoms with Gasteiger partial charge in [0.1, 0.15) is 0 Å². The van der Waals surface area contributed by atoms with E-state index in [4.69, 9.17) is 28.9 Å². The number of carbonyl (C=O) groups is 1. The summed E-state index contributed by atoms with van der Waals surface area (Å²) in [5.74, 6) is -1.37. The van der Waals surface area contributed by atoms with E-state index in [1.807, 2.05) is 18.2 Å². The Balaban J connectivity index is 2.22. The molecule has 0 saturated carbocycles. The van der Waals surface area contributed by atoms with Gasteiger partial charge in [0, 0.05) is 26.4 Å². The number of nitrogen functional groups attached to an aromatic ring is 1. The number of hydrogen-bond donors (Lipinski definition) is 2. The Kier molecular flexibility index (Phi) is 5.39. The van der Waals surface area contributed by atoms with E-state index in [2.05, 4.69) is 0 Å². The van der Waals surface area contributed by atoms with Crippen molar-refractivity contribution < 1.29 is 9.90 Å². The second-order valence-electron chi connectivity index (χ2n) is 4.41. The lowest BCUT2D eigenvalue weighted by Crippen LogP contribution is -2.14. The van der Waals surface area contributed by atoms with E-state index in [0.717, 1.165) is 4.90 Å². The van der Waals surface area contributed by atoms with E-state index in [1.54, 1.807) is 24.3 Å². The summed E-state index contributed by atoms with van der Waals surface area (Å²) in [5, 5.41) is 10.3. The Labute approximate surface area is 137 Å². The predicted molar refractivity (Wildman–Crippen MR) is 88.4 cm³/mol. The lowest BCUT2D eigenvalue weighted by molar-refractivity contribution is -0.138. The van der Waals surface area contributed by atoms with Crippen LogP contribution in [0.2, 0.25) is 10.0 Å². The summed E-state index contributed by atoms with van der Waals surface area (Å²) in [7, 11) is 0. The number of rotatable bonds is 5. The predicted octanol–water partition coefficient (Wildman–Crippen LogP) is 4.54. The molecule has 0 spiro atoms. The van der Waals surface area contributed by atoms with Crippen LogP contribution in [0.5, 0.6) is 0 Å². The van der Waals surface area contributed by atoms with E-state index >= 15 is 0 Å². The summed E-state index contributed by atoms with van der Waals surface area (Å²) in [6, 6.07) is 12.2. The van der Waals surface area contributed by atoms with E-state index in [1.165, 1.54) is 11.8 Å². The number of para-hydroxylation sites is 1. The number of carboxylic acid groups (broad SMARTS) is 1. The van der Waals surface area contributed by atoms with Gasteiger partial charge in [-0.25, -0.2) is 0 Å². The Morgan fingerprint density at radius 3 is 2.62 bits per heavy atom. The first-order chi connectivity index (χ1) is 9.99. The van der Waals surface area contributed by atoms with Crippen molar-refractivity contribution in [1.82, 2.24) is 0 Å². The molecule has 0 aliphatic heterocycles. The van der Waals surface area contributed by atoms with Crippen LogP contribution in [-0.2, 0) is 4.79 Å². The maximum atomic E-state index is 11.5. The van der Waals surface area contributed by atoms with Crippen LogP contribution in [0.3, 0.4) is 0 Å². The van der Waals surface area contributed by atoms with Gasteiger partial charge in [-0.3, -0.25) is 4.79 Å². The number of halogens is 2. The number of anilines is 1. The number of thioether (sulfide) groups is 1. The van der Waals surface area contributed by atoms with Crippen molar-refractivity contribution in [2.24, 2.45) is 0 Å². The zero-order valence-electron chi connectivity index (χ0n) is 10.9. The molecule has 0 aliphatic rings. The maximum Gasteiger partial charge on any atom is 0.311 e. The molecule has 110 valence electrons. The molecule has 2 rings (SSSR count). The highest BCUT2D eigenvalue weighted by Gasteiger charge is 2.23. The van der Waals surface area contributed by atoms with Crippen LogP contribution in [-0.4, -0.2) is 16.8 Å². The molecule has 1 atom stereocenters. The van der Waals surface area contributed by atoms with Gasteiger partial charge in [0.05, 0.1) is 5.92 Å². The minimum atomic E-state index is -0.943. The molecule has 0 aromatic heterocycles. The molecular weight excluding hydrogens is 329 g/mol. The quantitative estimate of drug-likeness (QED) is 0.619. The van der Waals surface area contributed by atoms with Gasteiger partial charge in [0.25, 0.3) is 0 Å². The minimum Gasteiger partial charge on any atom is -0.481 e. The molecule has 3 nitrogen and oxygen atoms in total. The first-order valence-electron chi connectivity index (χ1n) is 6.14. The van der Waals surface area contributed by atoms with Gasteiger partial charge in [-0.05, 0) is 35.9 Å². The van der Waals surface area contributed by atoms with Crippen LogP contribution < -0.4 is 5.73 Å². The summed E-state index contributed by atoms with van der Waals surface area (Å²) in [6.45, 7) is 0. The van der Waals surface area contributed by atoms with E-state index in [9.17, 15) is 9.90 Å². The lowest BCUT2D eigenvalue weighted by atomic mass is 10.0. The molecule has 0 amide bonds. The molecule has 2 aromatic carbocycles. The Morgan fingerprint density at radius 1 is 1.24 bits per heavy atom. The number of carboxylic acids is 1. The van der Waals surface area contributed by atoms with Crippen LogP contribution in [0, 0.1) is 0 Å². The summed E-state index contributed by atoms with van der Waals surface area (Å²) >= 11 is 13.4. The number of hydrogen-bond acceptors (Lipinski definition) is 3. The standard InChI is InChI=1S/C15H13Cl2NO2S/c16-9-5-6-12(17)10(7-9)11(15(19)20)8-21-14-4-2-1-3-13(14)18/h1-7,11H,8,18H2,(H,19,20). The van der Waals surface area contributed by atoms with Gasteiger partial charge in [0.2, 0.25) is 0 Å². The Bertz CT molecular complexity index is 664. The van der Waals surface area contributed by atoms with Crippen LogP contribution in [0.1, 0.15) is 11.5 Å². The fraction of sp³-hybridized carbons (Fsp3) is 0.133. The highest BCUT2D eigenvalue weighted by molar-refractivity contribution is 7.99. The van der Waals surface area contributed by atoms with E-state index in [0.29, 0.717) is 27.0 Å². The van der Waals surface area contributed by atoms with Crippen molar-refractivity contribution in [3.05, 3.63) is 58.1 Å². The molecule has 0 fully saturated rings. The van der Waals surface area contributed by atoms with Crippen LogP contribution >= 0.6 is 35.0 Å². The third kappa shape index (κ3) is 4.06. The van der Waals surface area contributed by atoms with Crippen LogP contribution in [0.25, 0.3) is 0 Å². The topological polar surface area (TPSA) is 63.3 Å². The largest absolute Gasteiger partial charge is 0.481 e. The van der Waals surface area contributed by atoms with Gasteiger partial charge in [-0.15, -0.1) is 11.8 Å². The average molecular weight is 342 g/mol. The fourth-order valence-corrected chi connectivity index (χ4v) is 3.37. The molecule has 1 unspecified atom stereocenters. The lowest BCUT2D eigenvalue weighted by Gasteiger charge is -2.15. The van der Waals surface area contributed by atoms with Gasteiger partial charge in [-0.2, -0.15) is 0 Å². The Hall–Kier alpha value is -1.36. The first-order valence-corrected chi connectivity index (χ1v) is 7.88. The molecule has 0 aliphatic carbocycles. The Morgan fingerprint density at radius 2 is 1.95 bits per heavy atom.